The van der Waals surface area contributed by atoms with Crippen LogP contribution in [0.5, 0.6) is 5.75 Å². The number of carboxylic acids is 2. The molecule has 35 heavy (non-hydrogen) atoms. The fourth-order valence-corrected chi connectivity index (χ4v) is 4.04. The summed E-state index contributed by atoms with van der Waals surface area (Å²) in [5.74, 6) is -1.55. The van der Waals surface area contributed by atoms with Crippen LogP contribution in [0, 0.1) is 0 Å². The second-order valence-electron chi connectivity index (χ2n) is 9.31. The molecule has 0 aromatic heterocycles. The maximum absolute atomic E-state index is 10.8. The molecule has 0 aliphatic carbocycles. The van der Waals surface area contributed by atoms with Crippen molar-refractivity contribution in [1.29, 1.82) is 0 Å². The van der Waals surface area contributed by atoms with Gasteiger partial charge in [0.1, 0.15) is 5.75 Å². The Morgan fingerprint density at radius 3 is 1.49 bits per heavy atom. The molecule has 0 aliphatic heterocycles. The molecule has 0 heterocycles. The highest BCUT2D eigenvalue weighted by atomic mass is 27.0. The van der Waals surface area contributed by atoms with Crippen LogP contribution >= 0.6 is 0 Å². The lowest BCUT2D eigenvalue weighted by atomic mass is 10.0. The molecule has 0 aliphatic rings. The van der Waals surface area contributed by atoms with Gasteiger partial charge in [-0.25, -0.2) is 4.79 Å². The van der Waals surface area contributed by atoms with E-state index >= 15 is 0 Å². The monoisotopic (exact) mass is 505 g/mol. The third-order valence-corrected chi connectivity index (χ3v) is 6.16. The molecule has 0 saturated heterocycles. The van der Waals surface area contributed by atoms with Crippen LogP contribution in [0.3, 0.4) is 0 Å². The third-order valence-electron chi connectivity index (χ3n) is 6.16. The Hall–Kier alpha value is -1.51. The largest absolute Gasteiger partial charge is 0.508 e. The van der Waals surface area contributed by atoms with E-state index in [1.807, 2.05) is 6.92 Å². The Balaban J connectivity index is 0. The smallest absolute Gasteiger partial charge is 0.336 e. The first-order valence-electron chi connectivity index (χ1n) is 13.7. The van der Waals surface area contributed by atoms with Gasteiger partial charge in [-0.2, -0.15) is 0 Å². The first kappa shape index (κ1) is 35.7. The van der Waals surface area contributed by atoms with Crippen LogP contribution in [0.15, 0.2) is 18.2 Å². The second kappa shape index (κ2) is 25.6. The lowest BCUT2D eigenvalue weighted by Crippen LogP contribution is -2.02. The number of aliphatic carboxylic acids is 1. The Morgan fingerprint density at radius 2 is 1.09 bits per heavy atom. The van der Waals surface area contributed by atoms with Gasteiger partial charge in [0, 0.05) is 29.3 Å². The summed E-state index contributed by atoms with van der Waals surface area (Å²) in [4.78, 5) is 21.2. The van der Waals surface area contributed by atoms with Crippen molar-refractivity contribution in [3.05, 3.63) is 29.3 Å². The highest BCUT2D eigenvalue weighted by molar-refractivity contribution is 5.90. The van der Waals surface area contributed by atoms with Gasteiger partial charge in [0.05, 0.1) is 5.56 Å². The van der Waals surface area contributed by atoms with Crippen LogP contribution in [0.1, 0.15) is 145 Å². The lowest BCUT2D eigenvalue weighted by molar-refractivity contribution is -0.137. The van der Waals surface area contributed by atoms with Crippen LogP contribution in [0.4, 0.5) is 0 Å². The standard InChI is InChI=1S/C18H36O2.C11H14O3.Al/c1-2-3-4-5-6-7-8-9-10-11-12-13-14-15-16-17-18(19)20;1-2-3-5-8-9(11(13)14)6-4-7-10(8)12;/h2-17H2,1H3,(H,19,20);4,6-7,12H,2-3,5H2,1H3,(H,13,14);. The number of aromatic hydroxyl groups is 1. The van der Waals surface area contributed by atoms with E-state index < -0.39 is 11.9 Å². The summed E-state index contributed by atoms with van der Waals surface area (Å²) < 4.78 is 0. The molecule has 1 aromatic carbocycles. The van der Waals surface area contributed by atoms with Gasteiger partial charge in [0.25, 0.3) is 0 Å². The van der Waals surface area contributed by atoms with Crippen molar-refractivity contribution in [2.75, 3.05) is 0 Å². The predicted molar refractivity (Wildman–Crippen MR) is 147 cm³/mol. The average Bonchev–Trinajstić information content (AvgIpc) is 2.81. The molecule has 0 fully saturated rings. The van der Waals surface area contributed by atoms with E-state index in [1.54, 1.807) is 6.07 Å². The van der Waals surface area contributed by atoms with E-state index in [4.69, 9.17) is 10.2 Å². The normalized spacial score (nSPS) is 10.2. The summed E-state index contributed by atoms with van der Waals surface area (Å²) in [6, 6.07) is 4.60. The topological polar surface area (TPSA) is 94.8 Å². The molecule has 6 heteroatoms. The fourth-order valence-electron chi connectivity index (χ4n) is 4.04. The van der Waals surface area contributed by atoms with Gasteiger partial charge in [-0.15, -0.1) is 0 Å². The Kier molecular flexibility index (Phi) is 26.1. The summed E-state index contributed by atoms with van der Waals surface area (Å²) in [6.45, 7) is 4.30. The molecule has 5 nitrogen and oxygen atoms in total. The Labute approximate surface area is 224 Å². The van der Waals surface area contributed by atoms with Crippen molar-refractivity contribution in [2.24, 2.45) is 0 Å². The van der Waals surface area contributed by atoms with Crippen molar-refractivity contribution in [3.63, 3.8) is 0 Å². The van der Waals surface area contributed by atoms with Crippen LogP contribution in [0.2, 0.25) is 0 Å². The number of carbonyl (C=O) groups is 2. The summed E-state index contributed by atoms with van der Waals surface area (Å²) in [7, 11) is 0. The van der Waals surface area contributed by atoms with Gasteiger partial charge >= 0.3 is 11.9 Å². The van der Waals surface area contributed by atoms with E-state index in [9.17, 15) is 14.7 Å². The quantitative estimate of drug-likeness (QED) is 0.122. The van der Waals surface area contributed by atoms with Crippen LogP contribution in [0.25, 0.3) is 0 Å². The van der Waals surface area contributed by atoms with Crippen LogP contribution in [-0.4, -0.2) is 44.6 Å². The number of rotatable bonds is 20. The van der Waals surface area contributed by atoms with Gasteiger partial charge in [0.2, 0.25) is 0 Å². The zero-order valence-corrected chi connectivity index (χ0v) is 23.6. The number of carboxylic acid groups (broad SMARTS) is 2. The van der Waals surface area contributed by atoms with Gasteiger partial charge in [-0.1, -0.05) is 116 Å². The minimum atomic E-state index is -0.980. The average molecular weight is 506 g/mol. The van der Waals surface area contributed by atoms with Gasteiger partial charge in [-0.3, -0.25) is 4.79 Å². The number of benzene rings is 1. The van der Waals surface area contributed by atoms with Crippen LogP contribution in [-0.2, 0) is 11.2 Å². The molecule has 3 N–H and O–H groups in total. The minimum absolute atomic E-state index is 0. The highest BCUT2D eigenvalue weighted by Gasteiger charge is 2.12. The molecular formula is C29H50AlO5. The summed E-state index contributed by atoms with van der Waals surface area (Å²) in [5, 5.41) is 26.9. The molecule has 199 valence electrons. The van der Waals surface area contributed by atoms with E-state index in [2.05, 4.69) is 6.92 Å². The summed E-state index contributed by atoms with van der Waals surface area (Å²) in [6.07, 6.45) is 22.7. The van der Waals surface area contributed by atoms with Gasteiger partial charge in [-0.05, 0) is 31.4 Å². The van der Waals surface area contributed by atoms with Crippen molar-refractivity contribution in [1.82, 2.24) is 0 Å². The first-order valence-corrected chi connectivity index (χ1v) is 13.7. The molecule has 3 radical (unpaired) electrons. The van der Waals surface area contributed by atoms with E-state index in [1.165, 1.54) is 95.6 Å². The summed E-state index contributed by atoms with van der Waals surface area (Å²) in [5.41, 5.74) is 0.750. The van der Waals surface area contributed by atoms with Gasteiger partial charge < -0.3 is 15.3 Å². The maximum atomic E-state index is 10.8. The number of phenolic OH excluding ortho intramolecular Hbond substituents is 1. The number of phenols is 1. The van der Waals surface area contributed by atoms with Crippen LogP contribution < -0.4 is 0 Å². The Bertz CT molecular complexity index is 648. The van der Waals surface area contributed by atoms with E-state index in [0.29, 0.717) is 18.4 Å². The lowest BCUT2D eigenvalue weighted by Gasteiger charge is -2.07. The Morgan fingerprint density at radius 1 is 0.657 bits per heavy atom. The number of hydrogen-bond donors (Lipinski definition) is 3. The summed E-state index contributed by atoms with van der Waals surface area (Å²) >= 11 is 0. The molecule has 0 saturated carbocycles. The third kappa shape index (κ3) is 21.5. The van der Waals surface area contributed by atoms with Crippen molar-refractivity contribution in [2.45, 2.75) is 136 Å². The zero-order chi connectivity index (χ0) is 25.4. The molecule has 0 atom stereocenters. The number of hydrogen-bond acceptors (Lipinski definition) is 3. The van der Waals surface area contributed by atoms with Crippen molar-refractivity contribution in [3.8, 4) is 5.75 Å². The molecule has 1 aromatic rings. The second-order valence-corrected chi connectivity index (χ2v) is 9.31. The molecule has 0 amide bonds. The fraction of sp³-hybridized carbons (Fsp3) is 0.724. The zero-order valence-electron chi connectivity index (χ0n) is 22.4. The first-order chi connectivity index (χ1) is 16.4. The van der Waals surface area contributed by atoms with Crippen molar-refractivity contribution < 1.29 is 24.9 Å². The van der Waals surface area contributed by atoms with Gasteiger partial charge in [0.15, 0.2) is 0 Å². The predicted octanol–water partition coefficient (Wildman–Crippen LogP) is 8.38. The minimum Gasteiger partial charge on any atom is -0.508 e. The van der Waals surface area contributed by atoms with E-state index in [-0.39, 0.29) is 28.7 Å². The number of aromatic carboxylic acids is 1. The molecular weight excluding hydrogens is 455 g/mol. The molecule has 0 spiro atoms. The van der Waals surface area contributed by atoms with Crippen molar-refractivity contribution >= 4 is 29.3 Å². The molecule has 0 bridgehead atoms. The highest BCUT2D eigenvalue weighted by Crippen LogP contribution is 2.23. The maximum Gasteiger partial charge on any atom is 0.336 e. The van der Waals surface area contributed by atoms with E-state index in [0.717, 1.165) is 25.7 Å². The molecule has 1 rings (SSSR count). The molecule has 0 unspecified atom stereocenters. The number of unbranched alkanes of at least 4 members (excludes halogenated alkanes) is 15. The SMILES string of the molecule is CCCCCCCCCCCCCCCCCC(=O)O.CCCCc1c(O)cccc1C(=O)O.[Al].